The van der Waals surface area contributed by atoms with Crippen LogP contribution in [0.4, 0.5) is 0 Å². The summed E-state index contributed by atoms with van der Waals surface area (Å²) in [5.41, 5.74) is 2.31. The first-order chi connectivity index (χ1) is 23.1. The summed E-state index contributed by atoms with van der Waals surface area (Å²) in [6.07, 6.45) is 0. The van der Waals surface area contributed by atoms with Gasteiger partial charge in [0, 0.05) is 21.5 Å². The first kappa shape index (κ1) is 42.5. The lowest BCUT2D eigenvalue weighted by atomic mass is 9.90. The van der Waals surface area contributed by atoms with E-state index in [0.29, 0.717) is 0 Å². The van der Waals surface area contributed by atoms with Crippen molar-refractivity contribution >= 4 is 65.6 Å². The minimum Gasteiger partial charge on any atom is -0.543 e. The van der Waals surface area contributed by atoms with Gasteiger partial charge in [-0.05, 0) is 145 Å². The maximum absolute atomic E-state index is 7.26. The van der Waals surface area contributed by atoms with Gasteiger partial charge >= 0.3 is 0 Å². The molecule has 0 saturated heterocycles. The predicted octanol–water partition coefficient (Wildman–Crippen LogP) is 15.3. The van der Waals surface area contributed by atoms with Gasteiger partial charge in [-0.1, -0.05) is 83.1 Å². The second kappa shape index (κ2) is 13.2. The Kier molecular flexibility index (Phi) is 10.8. The molecule has 0 radical (unpaired) electrons. The molecule has 0 amide bonds. The van der Waals surface area contributed by atoms with Gasteiger partial charge in [-0.2, -0.15) is 0 Å². The van der Waals surface area contributed by atoms with Gasteiger partial charge in [0.2, 0.25) is 16.6 Å². The number of rotatable bonds is 8. The predicted molar refractivity (Wildman–Crippen MR) is 240 cm³/mol. The molecule has 4 rings (SSSR count). The van der Waals surface area contributed by atoms with E-state index in [9.17, 15) is 0 Å². The molecule has 288 valence electrons. The van der Waals surface area contributed by atoms with Gasteiger partial charge in [-0.25, -0.2) is 0 Å². The van der Waals surface area contributed by atoms with E-state index in [1.807, 2.05) is 0 Å². The zero-order valence-electron chi connectivity index (χ0n) is 37.1. The van der Waals surface area contributed by atoms with Crippen LogP contribution in [0.3, 0.4) is 0 Å². The van der Waals surface area contributed by atoms with Crippen LogP contribution in [0.5, 0.6) is 23.0 Å². The van der Waals surface area contributed by atoms with E-state index in [1.165, 1.54) is 16.2 Å². The van der Waals surface area contributed by atoms with Crippen molar-refractivity contribution in [3.8, 4) is 23.0 Å². The van der Waals surface area contributed by atoms with E-state index < -0.39 is 33.3 Å². The van der Waals surface area contributed by atoms with Crippen molar-refractivity contribution in [3.63, 3.8) is 0 Å². The lowest BCUT2D eigenvalue weighted by Crippen LogP contribution is -2.44. The summed E-state index contributed by atoms with van der Waals surface area (Å²) in [7, 11) is -8.68. The van der Waals surface area contributed by atoms with Crippen LogP contribution < -0.4 is 17.7 Å². The Balaban J connectivity index is 2.27. The maximum Gasteiger partial charge on any atom is 0.250 e. The zero-order chi connectivity index (χ0) is 40.0. The fraction of sp³-hybridized carbons (Fsp3) is 0.591. The molecular formula is C44H72O4Si4. The van der Waals surface area contributed by atoms with Crippen molar-refractivity contribution in [2.75, 3.05) is 0 Å². The molecule has 0 unspecified atom stereocenters. The van der Waals surface area contributed by atoms with Crippen molar-refractivity contribution in [3.05, 3.63) is 47.5 Å². The molecule has 0 spiro atoms. The molecule has 0 atom stereocenters. The molecule has 0 bridgehead atoms. The summed E-state index contributed by atoms with van der Waals surface area (Å²) >= 11 is 0. The van der Waals surface area contributed by atoms with E-state index in [2.05, 4.69) is 186 Å². The van der Waals surface area contributed by atoms with Crippen LogP contribution in [0, 0.1) is 13.8 Å². The first-order valence-electron chi connectivity index (χ1n) is 19.4. The molecule has 0 aliphatic carbocycles. The summed E-state index contributed by atoms with van der Waals surface area (Å²) in [6, 6.07) is 13.5. The highest BCUT2D eigenvalue weighted by Crippen LogP contribution is 2.51. The highest BCUT2D eigenvalue weighted by atomic mass is 28.4. The van der Waals surface area contributed by atoms with Crippen LogP contribution in [-0.4, -0.2) is 33.3 Å². The molecule has 0 fully saturated rings. The Morgan fingerprint density at radius 3 is 0.865 bits per heavy atom. The molecule has 0 heterocycles. The second-order valence-electron chi connectivity index (χ2n) is 21.5. The van der Waals surface area contributed by atoms with E-state index in [-0.39, 0.29) is 20.2 Å². The SMILES string of the molecule is Cc1c(O[Si](C)(C)C(C)(C)C)ccc2c(O[Si](C)(C)C(C)(C)C)cc3cc(O[Si](C)(C)C(C)(C)C)c4ccc(O[Si](C)(C)C(C)(C)C)c(C)c4c3c12. The topological polar surface area (TPSA) is 36.9 Å². The van der Waals surface area contributed by atoms with E-state index >= 15 is 0 Å². The van der Waals surface area contributed by atoms with Crippen molar-refractivity contribution < 1.29 is 17.7 Å². The second-order valence-corrected chi connectivity index (χ2v) is 40.4. The van der Waals surface area contributed by atoms with Gasteiger partial charge in [0.25, 0.3) is 16.6 Å². The van der Waals surface area contributed by atoms with Crippen LogP contribution >= 0.6 is 0 Å². The monoisotopic (exact) mass is 776 g/mol. The Labute approximate surface area is 321 Å². The van der Waals surface area contributed by atoms with Crippen LogP contribution in [0.15, 0.2) is 36.4 Å². The van der Waals surface area contributed by atoms with Crippen molar-refractivity contribution in [2.45, 2.75) is 169 Å². The largest absolute Gasteiger partial charge is 0.543 e. The van der Waals surface area contributed by atoms with Gasteiger partial charge in [-0.15, -0.1) is 0 Å². The van der Waals surface area contributed by atoms with Gasteiger partial charge in [0.15, 0.2) is 0 Å². The molecule has 0 aliphatic rings. The average Bonchev–Trinajstić information content (AvgIpc) is 2.93. The first-order valence-corrected chi connectivity index (χ1v) is 31.0. The van der Waals surface area contributed by atoms with Crippen LogP contribution in [0.25, 0.3) is 32.3 Å². The minimum atomic E-state index is -2.20. The third-order valence-corrected chi connectivity index (χ3v) is 30.8. The fourth-order valence-electron chi connectivity index (χ4n) is 5.58. The van der Waals surface area contributed by atoms with Gasteiger partial charge in [-0.3, -0.25) is 0 Å². The number of hydrogen-bond acceptors (Lipinski definition) is 4. The Morgan fingerprint density at radius 2 is 0.615 bits per heavy atom. The van der Waals surface area contributed by atoms with Gasteiger partial charge in [0.05, 0.1) is 0 Å². The molecule has 52 heavy (non-hydrogen) atoms. The van der Waals surface area contributed by atoms with Crippen LogP contribution in [0.1, 0.15) is 94.2 Å². The molecule has 8 heteroatoms. The summed E-state index contributed by atoms with van der Waals surface area (Å²) in [5, 5.41) is 7.21. The summed E-state index contributed by atoms with van der Waals surface area (Å²) in [4.78, 5) is 0. The zero-order valence-corrected chi connectivity index (χ0v) is 41.1. The number of fused-ring (bicyclic) bond motifs is 5. The van der Waals surface area contributed by atoms with Crippen molar-refractivity contribution in [2.24, 2.45) is 0 Å². The quantitative estimate of drug-likeness (QED) is 0.132. The molecule has 4 aromatic carbocycles. The van der Waals surface area contributed by atoms with Crippen molar-refractivity contribution in [1.82, 2.24) is 0 Å². The summed E-state index contributed by atoms with van der Waals surface area (Å²) in [6.45, 7) is 50.9. The number of benzene rings is 4. The minimum absolute atomic E-state index is 0.0429. The molecular weight excluding hydrogens is 705 g/mol. The number of aryl methyl sites for hydroxylation is 2. The van der Waals surface area contributed by atoms with E-state index in [0.717, 1.165) is 50.3 Å². The molecule has 0 N–H and O–H groups in total. The third-order valence-electron chi connectivity index (χ3n) is 13.4. The lowest BCUT2D eigenvalue weighted by molar-refractivity contribution is 0.489. The standard InChI is InChI=1S/C44H72O4Si4/c1-29-34(45-49(15,16)41(3,4)5)25-23-32-36(47-51(19,20)43(9,10)11)27-31-28-37(48-52(21,22)44(12,13)14)33-24-26-35(46-50(17,18)42(6,7)8)30(2)39(33)40(31)38(29)32/h23-28H,1-22H3. The van der Waals surface area contributed by atoms with Crippen LogP contribution in [-0.2, 0) is 0 Å². The Hall–Kier alpha value is -2.27. The van der Waals surface area contributed by atoms with E-state index in [1.54, 1.807) is 0 Å². The highest BCUT2D eigenvalue weighted by molar-refractivity contribution is 6.76. The third kappa shape index (κ3) is 7.78. The van der Waals surface area contributed by atoms with E-state index in [4.69, 9.17) is 17.7 Å². The molecule has 0 saturated carbocycles. The molecule has 0 aromatic heterocycles. The van der Waals surface area contributed by atoms with Gasteiger partial charge in [0.1, 0.15) is 23.0 Å². The van der Waals surface area contributed by atoms with Crippen LogP contribution in [0.2, 0.25) is 72.5 Å². The highest BCUT2D eigenvalue weighted by Gasteiger charge is 2.43. The molecule has 4 aromatic rings. The Bertz CT molecular complexity index is 1860. The Morgan fingerprint density at radius 1 is 0.365 bits per heavy atom. The maximum atomic E-state index is 7.26. The number of hydrogen-bond donors (Lipinski definition) is 0. The smallest absolute Gasteiger partial charge is 0.250 e. The molecule has 0 aliphatic heterocycles. The van der Waals surface area contributed by atoms with Gasteiger partial charge < -0.3 is 17.7 Å². The fourth-order valence-corrected chi connectivity index (χ4v) is 9.78. The normalized spacial score (nSPS) is 14.3. The lowest BCUT2D eigenvalue weighted by Gasteiger charge is -2.38. The van der Waals surface area contributed by atoms with Crippen molar-refractivity contribution in [1.29, 1.82) is 0 Å². The summed E-state index contributed by atoms with van der Waals surface area (Å²) in [5.74, 6) is 3.82. The molecule has 4 nitrogen and oxygen atoms in total. The summed E-state index contributed by atoms with van der Waals surface area (Å²) < 4.78 is 28.7. The average molecular weight is 777 g/mol.